The monoisotopic (exact) mass is 418 g/mol. The van der Waals surface area contributed by atoms with Crippen LogP contribution in [-0.4, -0.2) is 27.5 Å². The molecule has 0 spiro atoms. The van der Waals surface area contributed by atoms with E-state index in [0.29, 0.717) is 5.69 Å². The van der Waals surface area contributed by atoms with Crippen molar-refractivity contribution < 1.29 is 14.7 Å². The van der Waals surface area contributed by atoms with Gasteiger partial charge in [-0.05, 0) is 50.6 Å². The lowest BCUT2D eigenvalue weighted by molar-refractivity contribution is -0.117. The minimum atomic E-state index is -1.05. The first-order valence-electron chi connectivity index (χ1n) is 8.31. The number of nitrogens with zero attached hydrogens (tertiary/aromatic N) is 1. The molecule has 2 N–H and O–H groups in total. The van der Waals surface area contributed by atoms with Crippen LogP contribution >= 0.6 is 15.9 Å². The van der Waals surface area contributed by atoms with Crippen LogP contribution in [0.2, 0.25) is 0 Å². The fourth-order valence-corrected chi connectivity index (χ4v) is 3.11. The maximum Gasteiger partial charge on any atom is 0.408 e. The number of hydrogen-bond donors (Lipinski definition) is 2. The smallest absolute Gasteiger partial charge is 0.408 e. The van der Waals surface area contributed by atoms with Crippen molar-refractivity contribution in [3.8, 4) is 0 Å². The van der Waals surface area contributed by atoms with Crippen LogP contribution in [0.4, 0.5) is 10.5 Å². The first kappa shape index (κ1) is 20.0. The lowest BCUT2D eigenvalue weighted by Gasteiger charge is -2.39. The van der Waals surface area contributed by atoms with E-state index in [1.54, 1.807) is 12.1 Å². The molecule has 0 radical (unpaired) electrons. The predicted octanol–water partition coefficient (Wildman–Crippen LogP) is 5.30. The number of anilines is 1. The molecular formula is C20H23BrN2O3. The third kappa shape index (κ3) is 5.33. The molecule has 2 aromatic carbocycles. The van der Waals surface area contributed by atoms with Gasteiger partial charge in [0.2, 0.25) is 5.91 Å². The summed E-state index contributed by atoms with van der Waals surface area (Å²) < 4.78 is 0.919. The first-order chi connectivity index (χ1) is 12.2. The second-order valence-corrected chi connectivity index (χ2v) is 7.92. The van der Waals surface area contributed by atoms with E-state index in [2.05, 4.69) is 21.2 Å². The molecule has 6 heteroatoms. The zero-order chi connectivity index (χ0) is 19.3. The van der Waals surface area contributed by atoms with Gasteiger partial charge in [-0.25, -0.2) is 4.79 Å². The van der Waals surface area contributed by atoms with Crippen molar-refractivity contribution in [2.75, 3.05) is 5.32 Å². The van der Waals surface area contributed by atoms with Gasteiger partial charge in [0.1, 0.15) is 0 Å². The Bertz CT molecular complexity index is 755. The molecule has 0 bridgehead atoms. The van der Waals surface area contributed by atoms with E-state index in [4.69, 9.17) is 0 Å². The third-order valence-corrected chi connectivity index (χ3v) is 4.46. The number of hydrogen-bond acceptors (Lipinski definition) is 2. The van der Waals surface area contributed by atoms with Crippen molar-refractivity contribution in [2.45, 2.75) is 38.8 Å². The fraction of sp³-hybridized carbons (Fsp3) is 0.300. The molecule has 0 saturated carbocycles. The van der Waals surface area contributed by atoms with E-state index in [1.807, 2.05) is 63.2 Å². The molecular weight excluding hydrogens is 396 g/mol. The Morgan fingerprint density at radius 1 is 1.08 bits per heavy atom. The molecule has 0 saturated heterocycles. The van der Waals surface area contributed by atoms with E-state index < -0.39 is 17.7 Å². The summed E-state index contributed by atoms with van der Waals surface area (Å²) in [4.78, 5) is 25.9. The highest BCUT2D eigenvalue weighted by molar-refractivity contribution is 9.10. The summed E-state index contributed by atoms with van der Waals surface area (Å²) in [5.74, 6) is -0.239. The summed E-state index contributed by atoms with van der Waals surface area (Å²) in [5, 5.41) is 12.6. The van der Waals surface area contributed by atoms with Gasteiger partial charge in [0.05, 0.1) is 12.5 Å². The van der Waals surface area contributed by atoms with Gasteiger partial charge < -0.3 is 10.4 Å². The van der Waals surface area contributed by atoms with Gasteiger partial charge in [0, 0.05) is 15.7 Å². The number of rotatable bonds is 5. The zero-order valence-electron chi connectivity index (χ0n) is 15.1. The van der Waals surface area contributed by atoms with Crippen LogP contribution in [0.15, 0.2) is 59.1 Å². The minimum Gasteiger partial charge on any atom is -0.465 e. The highest BCUT2D eigenvalue weighted by atomic mass is 79.9. The van der Waals surface area contributed by atoms with Crippen LogP contribution < -0.4 is 5.32 Å². The van der Waals surface area contributed by atoms with Crippen molar-refractivity contribution in [2.24, 2.45) is 0 Å². The lowest BCUT2D eigenvalue weighted by Crippen LogP contribution is -2.48. The Hall–Kier alpha value is -2.34. The number of carbonyl (C=O) groups is 2. The van der Waals surface area contributed by atoms with Crippen LogP contribution in [0, 0.1) is 0 Å². The number of benzene rings is 2. The summed E-state index contributed by atoms with van der Waals surface area (Å²) in [6, 6.07) is 15.9. The van der Waals surface area contributed by atoms with Crippen LogP contribution in [0.25, 0.3) is 0 Å². The SMILES string of the molecule is CC(C)(C)N(C(=O)O)[C@@H](CC(=O)Nc1ccc(Br)cc1)c1ccccc1. The molecule has 0 aliphatic carbocycles. The topological polar surface area (TPSA) is 69.6 Å². The van der Waals surface area contributed by atoms with Crippen LogP contribution in [-0.2, 0) is 4.79 Å². The largest absolute Gasteiger partial charge is 0.465 e. The van der Waals surface area contributed by atoms with Gasteiger partial charge in [-0.3, -0.25) is 9.69 Å². The zero-order valence-corrected chi connectivity index (χ0v) is 16.7. The minimum absolute atomic E-state index is 0.0314. The van der Waals surface area contributed by atoms with Gasteiger partial charge in [-0.2, -0.15) is 0 Å². The quantitative estimate of drug-likeness (QED) is 0.691. The number of nitrogens with one attached hydrogen (secondary N) is 1. The normalized spacial score (nSPS) is 12.3. The van der Waals surface area contributed by atoms with Crippen LogP contribution in [0.3, 0.4) is 0 Å². The Morgan fingerprint density at radius 2 is 1.65 bits per heavy atom. The Balaban J connectivity index is 2.27. The molecule has 0 fully saturated rings. The Kier molecular flexibility index (Phi) is 6.42. The third-order valence-electron chi connectivity index (χ3n) is 3.93. The Labute approximate surface area is 162 Å². The van der Waals surface area contributed by atoms with Crippen molar-refractivity contribution >= 4 is 33.6 Å². The van der Waals surface area contributed by atoms with Gasteiger partial charge in [-0.1, -0.05) is 46.3 Å². The average molecular weight is 419 g/mol. The standard InChI is InChI=1S/C20H23BrN2O3/c1-20(2,3)23(19(25)26)17(14-7-5-4-6-8-14)13-18(24)22-16-11-9-15(21)10-12-16/h4-12,17H,13H2,1-3H3,(H,22,24)(H,25,26)/t17-/m0/s1. The summed E-state index contributed by atoms with van der Waals surface area (Å²) in [5.41, 5.74) is 0.808. The summed E-state index contributed by atoms with van der Waals surface area (Å²) >= 11 is 3.35. The summed E-state index contributed by atoms with van der Waals surface area (Å²) in [7, 11) is 0. The van der Waals surface area contributed by atoms with E-state index in [1.165, 1.54) is 4.90 Å². The molecule has 0 heterocycles. The molecule has 0 aliphatic heterocycles. The van der Waals surface area contributed by atoms with E-state index in [-0.39, 0.29) is 12.3 Å². The molecule has 5 nitrogen and oxygen atoms in total. The molecule has 2 rings (SSSR count). The van der Waals surface area contributed by atoms with Gasteiger partial charge >= 0.3 is 6.09 Å². The molecule has 2 amide bonds. The summed E-state index contributed by atoms with van der Waals surface area (Å²) in [6.45, 7) is 5.47. The van der Waals surface area contributed by atoms with Gasteiger partial charge in [-0.15, -0.1) is 0 Å². The molecule has 2 aromatic rings. The molecule has 1 atom stereocenters. The molecule has 26 heavy (non-hydrogen) atoms. The maximum absolute atomic E-state index is 12.6. The fourth-order valence-electron chi connectivity index (χ4n) is 2.84. The Morgan fingerprint density at radius 3 is 2.15 bits per heavy atom. The average Bonchev–Trinajstić information content (AvgIpc) is 2.55. The molecule has 0 unspecified atom stereocenters. The van der Waals surface area contributed by atoms with Crippen LogP contribution in [0.1, 0.15) is 38.8 Å². The number of halogens is 1. The number of carboxylic acid groups (broad SMARTS) is 1. The molecule has 138 valence electrons. The summed E-state index contributed by atoms with van der Waals surface area (Å²) in [6.07, 6.45) is -1.02. The van der Waals surface area contributed by atoms with Gasteiger partial charge in [0.25, 0.3) is 0 Å². The van der Waals surface area contributed by atoms with Crippen molar-refractivity contribution in [1.29, 1.82) is 0 Å². The lowest BCUT2D eigenvalue weighted by atomic mass is 9.96. The first-order valence-corrected chi connectivity index (χ1v) is 9.10. The van der Waals surface area contributed by atoms with Crippen molar-refractivity contribution in [3.63, 3.8) is 0 Å². The second-order valence-electron chi connectivity index (χ2n) is 7.01. The van der Waals surface area contributed by atoms with E-state index in [0.717, 1.165) is 10.0 Å². The molecule has 0 aromatic heterocycles. The van der Waals surface area contributed by atoms with E-state index >= 15 is 0 Å². The highest BCUT2D eigenvalue weighted by Crippen LogP contribution is 2.31. The van der Waals surface area contributed by atoms with Gasteiger partial charge in [0.15, 0.2) is 0 Å². The number of carbonyl (C=O) groups excluding carboxylic acids is 1. The van der Waals surface area contributed by atoms with E-state index in [9.17, 15) is 14.7 Å². The highest BCUT2D eigenvalue weighted by Gasteiger charge is 2.35. The predicted molar refractivity (Wildman–Crippen MR) is 106 cm³/mol. The van der Waals surface area contributed by atoms with Crippen molar-refractivity contribution in [3.05, 3.63) is 64.6 Å². The second kappa shape index (κ2) is 8.36. The molecule has 0 aliphatic rings. The van der Waals surface area contributed by atoms with Crippen molar-refractivity contribution in [1.82, 2.24) is 4.90 Å². The maximum atomic E-state index is 12.6. The number of amides is 2. The van der Waals surface area contributed by atoms with Crippen LogP contribution in [0.5, 0.6) is 0 Å².